The second-order valence-corrected chi connectivity index (χ2v) is 10.3. The van der Waals surface area contributed by atoms with E-state index in [0.29, 0.717) is 18.6 Å². The number of hydrogen-bond acceptors (Lipinski definition) is 3. The summed E-state index contributed by atoms with van der Waals surface area (Å²) in [6, 6.07) is 0. The molecule has 1 saturated heterocycles. The fourth-order valence-electron chi connectivity index (χ4n) is 4.68. The Morgan fingerprint density at radius 2 is 1.53 bits per heavy atom. The van der Waals surface area contributed by atoms with Crippen LogP contribution in [0.5, 0.6) is 0 Å². The van der Waals surface area contributed by atoms with E-state index in [9.17, 15) is 4.79 Å². The predicted molar refractivity (Wildman–Crippen MR) is 135 cm³/mol. The molecule has 0 aromatic heterocycles. The summed E-state index contributed by atoms with van der Waals surface area (Å²) in [6.07, 6.45) is 13.7. The monoisotopic (exact) mass is 444 g/mol. The average molecular weight is 445 g/mol. The molecular formula is C29H48O3. The number of hydrogen-bond donors (Lipinski definition) is 0. The molecule has 0 radical (unpaired) electrons. The first-order valence-electron chi connectivity index (χ1n) is 13.1. The summed E-state index contributed by atoms with van der Waals surface area (Å²) >= 11 is 0. The maximum absolute atomic E-state index is 12.5. The van der Waals surface area contributed by atoms with Crippen molar-refractivity contribution in [1.82, 2.24) is 0 Å². The van der Waals surface area contributed by atoms with Crippen LogP contribution < -0.4 is 0 Å². The van der Waals surface area contributed by atoms with Gasteiger partial charge >= 0.3 is 5.97 Å². The Balaban J connectivity index is 2.11. The lowest BCUT2D eigenvalue weighted by molar-refractivity contribution is -0.147. The summed E-state index contributed by atoms with van der Waals surface area (Å²) in [7, 11) is 0. The summed E-state index contributed by atoms with van der Waals surface area (Å²) in [5.41, 5.74) is 8.07. The average Bonchev–Trinajstić information content (AvgIpc) is 3.53. The summed E-state index contributed by atoms with van der Waals surface area (Å²) in [5.74, 6) is -0.0458. The van der Waals surface area contributed by atoms with Crippen LogP contribution in [0.1, 0.15) is 126 Å². The topological polar surface area (TPSA) is 38.8 Å². The third-order valence-electron chi connectivity index (χ3n) is 7.79. The highest BCUT2D eigenvalue weighted by Gasteiger charge is 2.37. The first kappa shape index (κ1) is 26.9. The Labute approximate surface area is 197 Å². The van der Waals surface area contributed by atoms with Gasteiger partial charge in [0.1, 0.15) is 6.10 Å². The highest BCUT2D eigenvalue weighted by Crippen LogP contribution is 2.33. The van der Waals surface area contributed by atoms with E-state index >= 15 is 0 Å². The van der Waals surface area contributed by atoms with E-state index in [4.69, 9.17) is 9.47 Å². The van der Waals surface area contributed by atoms with Crippen LogP contribution >= 0.6 is 0 Å². The number of carbonyl (C=O) groups excluding carboxylic acids is 1. The molecular weight excluding hydrogens is 396 g/mol. The van der Waals surface area contributed by atoms with Gasteiger partial charge in [0.05, 0.1) is 12.2 Å². The van der Waals surface area contributed by atoms with Gasteiger partial charge in [0, 0.05) is 12.8 Å². The van der Waals surface area contributed by atoms with Crippen LogP contribution in [0.2, 0.25) is 0 Å². The van der Waals surface area contributed by atoms with Gasteiger partial charge in [-0.05, 0) is 96.8 Å². The lowest BCUT2D eigenvalue weighted by atomic mass is 9.90. The SMILES string of the molecule is CCCCC1OC1CCC(C)=C(C)C(C)=C(C)C1C/C(C)=C(/C)CCCCCCC(=O)O1. The number of allylic oxidation sites excluding steroid dienone is 4. The van der Waals surface area contributed by atoms with Crippen molar-refractivity contribution in [3.8, 4) is 0 Å². The predicted octanol–water partition coefficient (Wildman–Crippen LogP) is 8.39. The van der Waals surface area contributed by atoms with Crippen molar-refractivity contribution >= 4 is 5.97 Å². The smallest absolute Gasteiger partial charge is 0.306 e. The number of rotatable bonds is 8. The van der Waals surface area contributed by atoms with Gasteiger partial charge in [-0.25, -0.2) is 0 Å². The molecule has 182 valence electrons. The van der Waals surface area contributed by atoms with Gasteiger partial charge in [0.2, 0.25) is 0 Å². The van der Waals surface area contributed by atoms with Crippen LogP contribution in [0, 0.1) is 0 Å². The normalized spacial score (nSPS) is 29.3. The lowest BCUT2D eigenvalue weighted by Gasteiger charge is -2.24. The van der Waals surface area contributed by atoms with E-state index < -0.39 is 0 Å². The molecule has 0 bridgehead atoms. The van der Waals surface area contributed by atoms with Crippen LogP contribution in [0.25, 0.3) is 0 Å². The van der Waals surface area contributed by atoms with E-state index in [1.54, 1.807) is 0 Å². The molecule has 0 spiro atoms. The van der Waals surface area contributed by atoms with Gasteiger partial charge in [0.15, 0.2) is 0 Å². The number of carbonyl (C=O) groups is 1. The second kappa shape index (κ2) is 13.4. The van der Waals surface area contributed by atoms with Gasteiger partial charge < -0.3 is 9.47 Å². The van der Waals surface area contributed by atoms with Crippen molar-refractivity contribution in [2.75, 3.05) is 0 Å². The highest BCUT2D eigenvalue weighted by molar-refractivity contribution is 5.70. The van der Waals surface area contributed by atoms with Gasteiger partial charge in [-0.3, -0.25) is 4.79 Å². The standard InChI is InChI=1S/C29H48O3/c1-8-9-15-26-27(31-26)18-17-21(3)23(5)24(6)25(7)28-19-22(4)20(2)14-12-10-11-13-16-29(30)32-28/h26-28H,8-19H2,1-7H3/b22-20-,23-21?,25-24?. The molecule has 3 unspecified atom stereocenters. The minimum atomic E-state index is -0.162. The third-order valence-corrected chi connectivity index (χ3v) is 7.79. The molecule has 0 N–H and O–H groups in total. The summed E-state index contributed by atoms with van der Waals surface area (Å²) in [4.78, 5) is 12.5. The van der Waals surface area contributed by atoms with Gasteiger partial charge in [-0.15, -0.1) is 0 Å². The lowest BCUT2D eigenvalue weighted by Crippen LogP contribution is -2.21. The van der Waals surface area contributed by atoms with Crippen LogP contribution in [0.4, 0.5) is 0 Å². The minimum absolute atomic E-state index is 0.0458. The molecule has 2 aliphatic rings. The van der Waals surface area contributed by atoms with Gasteiger partial charge in [-0.1, -0.05) is 49.3 Å². The van der Waals surface area contributed by atoms with E-state index in [1.165, 1.54) is 65.5 Å². The first-order valence-corrected chi connectivity index (χ1v) is 13.1. The summed E-state index contributed by atoms with van der Waals surface area (Å²) in [5, 5.41) is 0. The Hall–Kier alpha value is -1.35. The molecule has 1 fully saturated rings. The zero-order chi connectivity index (χ0) is 23.7. The van der Waals surface area contributed by atoms with Gasteiger partial charge in [-0.2, -0.15) is 0 Å². The zero-order valence-electron chi connectivity index (χ0n) is 21.9. The Morgan fingerprint density at radius 1 is 0.875 bits per heavy atom. The van der Waals surface area contributed by atoms with E-state index in [1.807, 2.05) is 0 Å². The molecule has 2 aliphatic heterocycles. The number of cyclic esters (lactones) is 1. The molecule has 3 heteroatoms. The molecule has 32 heavy (non-hydrogen) atoms. The highest BCUT2D eigenvalue weighted by atomic mass is 16.6. The van der Waals surface area contributed by atoms with Crippen LogP contribution in [0.15, 0.2) is 33.4 Å². The molecule has 0 aromatic rings. The van der Waals surface area contributed by atoms with E-state index in [2.05, 4.69) is 48.5 Å². The molecule has 0 aromatic carbocycles. The Kier molecular flexibility index (Phi) is 11.2. The van der Waals surface area contributed by atoms with Crippen LogP contribution in [-0.4, -0.2) is 24.3 Å². The molecule has 0 saturated carbocycles. The Morgan fingerprint density at radius 3 is 2.22 bits per heavy atom. The largest absolute Gasteiger partial charge is 0.457 e. The van der Waals surface area contributed by atoms with Crippen molar-refractivity contribution in [2.45, 2.75) is 144 Å². The number of esters is 1. The number of epoxide rings is 1. The molecule has 0 aliphatic carbocycles. The quantitative estimate of drug-likeness (QED) is 0.163. The Bertz CT molecular complexity index is 725. The van der Waals surface area contributed by atoms with Crippen molar-refractivity contribution in [3.05, 3.63) is 33.4 Å². The minimum Gasteiger partial charge on any atom is -0.457 e. The van der Waals surface area contributed by atoms with Crippen molar-refractivity contribution in [2.24, 2.45) is 0 Å². The maximum atomic E-state index is 12.5. The maximum Gasteiger partial charge on any atom is 0.306 e. The van der Waals surface area contributed by atoms with Crippen molar-refractivity contribution < 1.29 is 14.3 Å². The molecule has 2 rings (SSSR count). The summed E-state index contributed by atoms with van der Waals surface area (Å²) in [6.45, 7) is 15.5. The van der Waals surface area contributed by atoms with Crippen LogP contribution in [-0.2, 0) is 14.3 Å². The zero-order valence-corrected chi connectivity index (χ0v) is 21.9. The fraction of sp³-hybridized carbons (Fsp3) is 0.759. The number of ether oxygens (including phenoxy) is 2. The molecule has 3 nitrogen and oxygen atoms in total. The van der Waals surface area contributed by atoms with Crippen LogP contribution in [0.3, 0.4) is 0 Å². The molecule has 2 heterocycles. The first-order chi connectivity index (χ1) is 15.2. The third kappa shape index (κ3) is 8.54. The summed E-state index contributed by atoms with van der Waals surface area (Å²) < 4.78 is 11.9. The van der Waals surface area contributed by atoms with Crippen molar-refractivity contribution in [3.63, 3.8) is 0 Å². The number of unbranched alkanes of at least 4 members (excludes halogenated alkanes) is 1. The van der Waals surface area contributed by atoms with E-state index in [-0.39, 0.29) is 12.1 Å². The second-order valence-electron chi connectivity index (χ2n) is 10.3. The molecule has 3 atom stereocenters. The van der Waals surface area contributed by atoms with Crippen molar-refractivity contribution in [1.29, 1.82) is 0 Å². The van der Waals surface area contributed by atoms with E-state index in [0.717, 1.165) is 38.5 Å². The van der Waals surface area contributed by atoms with Gasteiger partial charge in [0.25, 0.3) is 0 Å². The molecule has 0 amide bonds. The fourth-order valence-corrected chi connectivity index (χ4v) is 4.68.